The fraction of sp³-hybridized carbons (Fsp3) is 0.357. The Balaban J connectivity index is 1.98. The van der Waals surface area contributed by atoms with E-state index in [2.05, 4.69) is 5.32 Å². The third-order valence-electron chi connectivity index (χ3n) is 6.00. The van der Waals surface area contributed by atoms with Gasteiger partial charge in [-0.1, -0.05) is 38.1 Å². The first-order chi connectivity index (χ1) is 16.6. The van der Waals surface area contributed by atoms with Crippen LogP contribution in [0.2, 0.25) is 0 Å². The maximum atomic E-state index is 13.5. The lowest BCUT2D eigenvalue weighted by Gasteiger charge is -2.25. The van der Waals surface area contributed by atoms with Crippen molar-refractivity contribution in [3.05, 3.63) is 87.5 Å². The third kappa shape index (κ3) is 6.44. The number of hydrogen-bond donors (Lipinski definition) is 2. The van der Waals surface area contributed by atoms with E-state index >= 15 is 0 Å². The van der Waals surface area contributed by atoms with Crippen LogP contribution in [0.4, 0.5) is 0 Å². The summed E-state index contributed by atoms with van der Waals surface area (Å²) < 4.78 is 1.42. The fourth-order valence-electron chi connectivity index (χ4n) is 4.32. The number of carbonyl (C=O) groups excluding carboxylic acids is 1. The summed E-state index contributed by atoms with van der Waals surface area (Å²) in [6, 6.07) is 13.1. The summed E-state index contributed by atoms with van der Waals surface area (Å²) in [5, 5.41) is 12.5. The molecule has 2 aromatic heterocycles. The molecule has 0 aliphatic rings. The van der Waals surface area contributed by atoms with E-state index in [0.29, 0.717) is 12.1 Å². The largest absolute Gasteiger partial charge is 0.481 e. The van der Waals surface area contributed by atoms with Crippen molar-refractivity contribution >= 4 is 11.9 Å². The number of aryl methyl sites for hydroxylation is 3. The van der Waals surface area contributed by atoms with E-state index < -0.39 is 24.0 Å². The maximum Gasteiger partial charge on any atom is 0.305 e. The van der Waals surface area contributed by atoms with Crippen molar-refractivity contribution < 1.29 is 14.7 Å². The van der Waals surface area contributed by atoms with Gasteiger partial charge in [0.2, 0.25) is 5.91 Å². The van der Waals surface area contributed by atoms with Crippen LogP contribution in [0.25, 0.3) is 11.3 Å². The molecular weight excluding hydrogens is 442 g/mol. The van der Waals surface area contributed by atoms with Crippen LogP contribution in [0.3, 0.4) is 0 Å². The molecule has 35 heavy (non-hydrogen) atoms. The maximum absolute atomic E-state index is 13.5. The molecule has 0 saturated carbocycles. The molecule has 0 bridgehead atoms. The van der Waals surface area contributed by atoms with Gasteiger partial charge in [0, 0.05) is 17.8 Å². The Morgan fingerprint density at radius 3 is 2.29 bits per heavy atom. The van der Waals surface area contributed by atoms with Crippen molar-refractivity contribution in [2.45, 2.75) is 59.5 Å². The number of carboxylic acid groups (broad SMARTS) is 1. The Hall–Kier alpha value is -3.74. The van der Waals surface area contributed by atoms with Gasteiger partial charge < -0.3 is 15.0 Å². The molecular formula is C28H33N3O4. The summed E-state index contributed by atoms with van der Waals surface area (Å²) in [5.74, 6) is -1.32. The molecule has 0 spiro atoms. The molecule has 0 unspecified atom stereocenters. The first kappa shape index (κ1) is 25.9. The van der Waals surface area contributed by atoms with Gasteiger partial charge in [0.05, 0.1) is 23.9 Å². The van der Waals surface area contributed by atoms with Crippen LogP contribution in [-0.2, 0) is 9.59 Å². The second-order valence-electron chi connectivity index (χ2n) is 9.47. The number of aliphatic carboxylic acids is 1. The predicted molar refractivity (Wildman–Crippen MR) is 136 cm³/mol. The lowest BCUT2D eigenvalue weighted by atomic mass is 9.98. The average Bonchev–Trinajstić information content (AvgIpc) is 2.77. The predicted octanol–water partition coefficient (Wildman–Crippen LogP) is 4.75. The first-order valence-electron chi connectivity index (χ1n) is 11.8. The molecule has 0 aliphatic heterocycles. The van der Waals surface area contributed by atoms with E-state index in [1.165, 1.54) is 10.6 Å². The minimum Gasteiger partial charge on any atom is -0.481 e. The van der Waals surface area contributed by atoms with E-state index in [-0.39, 0.29) is 17.9 Å². The van der Waals surface area contributed by atoms with Crippen LogP contribution in [0.5, 0.6) is 0 Å². The Morgan fingerprint density at radius 1 is 1.03 bits per heavy atom. The highest BCUT2D eigenvalue weighted by Crippen LogP contribution is 2.28. The second-order valence-corrected chi connectivity index (χ2v) is 9.47. The van der Waals surface area contributed by atoms with Crippen LogP contribution in [0.15, 0.2) is 59.5 Å². The summed E-state index contributed by atoms with van der Waals surface area (Å²) in [4.78, 5) is 42.5. The molecule has 3 aromatic rings. The number of benzene rings is 1. The third-order valence-corrected chi connectivity index (χ3v) is 6.00. The van der Waals surface area contributed by atoms with Crippen LogP contribution in [0.1, 0.15) is 61.2 Å². The molecule has 2 N–H and O–H groups in total. The van der Waals surface area contributed by atoms with Crippen molar-refractivity contribution in [1.82, 2.24) is 14.9 Å². The monoisotopic (exact) mass is 475 g/mol. The number of carbonyl (C=O) groups is 2. The number of hydrogen-bond acceptors (Lipinski definition) is 4. The smallest absolute Gasteiger partial charge is 0.305 e. The normalized spacial score (nSPS) is 12.9. The van der Waals surface area contributed by atoms with Crippen LogP contribution in [0, 0.1) is 26.7 Å². The SMILES string of the molecule is Cc1ccn([C@H](CC(C)C)C(=O)N[C@@H](CC(=O)O)c2cccc(-c3c(C)cccc3C)n2)c(=O)c1. The zero-order valence-corrected chi connectivity index (χ0v) is 20.9. The zero-order valence-electron chi connectivity index (χ0n) is 20.9. The summed E-state index contributed by atoms with van der Waals surface area (Å²) in [6.07, 6.45) is 1.73. The van der Waals surface area contributed by atoms with Crippen LogP contribution < -0.4 is 10.9 Å². The van der Waals surface area contributed by atoms with Gasteiger partial charge in [0.25, 0.3) is 5.56 Å². The van der Waals surface area contributed by atoms with E-state index in [1.807, 2.05) is 65.0 Å². The molecule has 7 heteroatoms. The molecule has 1 aromatic carbocycles. The van der Waals surface area contributed by atoms with Gasteiger partial charge in [0.1, 0.15) is 6.04 Å². The Morgan fingerprint density at radius 2 is 1.69 bits per heavy atom. The molecule has 3 rings (SSSR count). The summed E-state index contributed by atoms with van der Waals surface area (Å²) >= 11 is 0. The molecule has 2 atom stereocenters. The zero-order chi connectivity index (χ0) is 25.7. The minimum atomic E-state index is -1.05. The first-order valence-corrected chi connectivity index (χ1v) is 11.8. The molecule has 0 radical (unpaired) electrons. The van der Waals surface area contributed by atoms with Gasteiger partial charge in [0.15, 0.2) is 0 Å². The number of nitrogens with one attached hydrogen (secondary N) is 1. The van der Waals surface area contributed by atoms with E-state index in [0.717, 1.165) is 27.9 Å². The minimum absolute atomic E-state index is 0.141. The number of carboxylic acids is 1. The van der Waals surface area contributed by atoms with Crippen molar-refractivity contribution in [2.75, 3.05) is 0 Å². The molecule has 7 nitrogen and oxygen atoms in total. The van der Waals surface area contributed by atoms with Crippen LogP contribution in [-0.4, -0.2) is 26.5 Å². The standard InChI is InChI=1S/C28H33N3O4/c1-17(2)14-24(31-13-12-18(3)15-25(31)32)28(35)30-23(16-26(33)34)21-10-7-11-22(29-21)27-19(4)8-6-9-20(27)5/h6-13,15,17,23-24H,14,16H2,1-5H3,(H,30,35)(H,33,34)/t23-,24+/m0/s1. The highest BCUT2D eigenvalue weighted by Gasteiger charge is 2.27. The van der Waals surface area contributed by atoms with Gasteiger partial charge in [-0.15, -0.1) is 0 Å². The fourth-order valence-corrected chi connectivity index (χ4v) is 4.32. The summed E-state index contributed by atoms with van der Waals surface area (Å²) in [7, 11) is 0. The van der Waals surface area contributed by atoms with Gasteiger partial charge in [-0.2, -0.15) is 0 Å². The number of pyridine rings is 2. The molecule has 2 heterocycles. The molecule has 1 amide bonds. The van der Waals surface area contributed by atoms with Gasteiger partial charge in [-0.3, -0.25) is 19.4 Å². The van der Waals surface area contributed by atoms with Crippen molar-refractivity contribution in [1.29, 1.82) is 0 Å². The molecule has 0 saturated heterocycles. The highest BCUT2D eigenvalue weighted by atomic mass is 16.4. The number of amides is 1. The average molecular weight is 476 g/mol. The van der Waals surface area contributed by atoms with Crippen molar-refractivity contribution in [2.24, 2.45) is 5.92 Å². The van der Waals surface area contributed by atoms with E-state index in [9.17, 15) is 19.5 Å². The van der Waals surface area contributed by atoms with Crippen LogP contribution >= 0.6 is 0 Å². The van der Waals surface area contributed by atoms with Gasteiger partial charge >= 0.3 is 5.97 Å². The summed E-state index contributed by atoms with van der Waals surface area (Å²) in [5.41, 5.74) is 4.82. The van der Waals surface area contributed by atoms with E-state index in [1.54, 1.807) is 18.3 Å². The molecule has 0 aliphatic carbocycles. The number of aromatic nitrogens is 2. The molecule has 184 valence electrons. The number of rotatable bonds is 9. The lowest BCUT2D eigenvalue weighted by Crippen LogP contribution is -2.40. The van der Waals surface area contributed by atoms with Crippen molar-refractivity contribution in [3.8, 4) is 11.3 Å². The Kier molecular flexibility index (Phi) is 8.22. The second kappa shape index (κ2) is 11.1. The lowest BCUT2D eigenvalue weighted by molar-refractivity contribution is -0.138. The highest BCUT2D eigenvalue weighted by molar-refractivity contribution is 5.81. The van der Waals surface area contributed by atoms with Gasteiger partial charge in [-0.25, -0.2) is 0 Å². The number of nitrogens with zero attached hydrogens (tertiary/aromatic N) is 2. The summed E-state index contributed by atoms with van der Waals surface area (Å²) in [6.45, 7) is 9.78. The van der Waals surface area contributed by atoms with E-state index in [4.69, 9.17) is 4.98 Å². The Bertz CT molecular complexity index is 1260. The molecule has 0 fully saturated rings. The Labute approximate surface area is 205 Å². The van der Waals surface area contributed by atoms with Gasteiger partial charge in [-0.05, 0) is 68.0 Å². The van der Waals surface area contributed by atoms with Crippen molar-refractivity contribution in [3.63, 3.8) is 0 Å². The topological polar surface area (TPSA) is 101 Å². The quantitative estimate of drug-likeness (QED) is 0.465.